The molecular formula is C19H28N2O3. The Labute approximate surface area is 144 Å². The standard InChI is InChI=1S/C19H28N2O3/c1-14(2)12-19(23)21-10-8-16(9-11-21)20-18(22)13-15-6-4-5-7-17(15)24-3/h4-7,14,16H,8-13H2,1-3H3,(H,20,22). The number of hydrogen-bond acceptors (Lipinski definition) is 3. The molecule has 1 aliphatic heterocycles. The number of benzene rings is 1. The van der Waals surface area contributed by atoms with Gasteiger partial charge < -0.3 is 15.0 Å². The van der Waals surface area contributed by atoms with Gasteiger partial charge in [0.25, 0.3) is 0 Å². The van der Waals surface area contributed by atoms with Crippen LogP contribution < -0.4 is 10.1 Å². The molecule has 24 heavy (non-hydrogen) atoms. The summed E-state index contributed by atoms with van der Waals surface area (Å²) in [5, 5.41) is 3.09. The fourth-order valence-electron chi connectivity index (χ4n) is 3.05. The third-order valence-electron chi connectivity index (χ3n) is 4.34. The van der Waals surface area contributed by atoms with Gasteiger partial charge >= 0.3 is 0 Å². The van der Waals surface area contributed by atoms with E-state index < -0.39 is 0 Å². The zero-order valence-corrected chi connectivity index (χ0v) is 14.9. The van der Waals surface area contributed by atoms with E-state index in [2.05, 4.69) is 19.2 Å². The third-order valence-corrected chi connectivity index (χ3v) is 4.34. The van der Waals surface area contributed by atoms with Crippen LogP contribution in [0.2, 0.25) is 0 Å². The van der Waals surface area contributed by atoms with E-state index in [1.807, 2.05) is 29.2 Å². The zero-order valence-electron chi connectivity index (χ0n) is 14.9. The second-order valence-corrected chi connectivity index (χ2v) is 6.81. The van der Waals surface area contributed by atoms with Crippen molar-refractivity contribution in [3.8, 4) is 5.75 Å². The molecule has 2 amide bonds. The van der Waals surface area contributed by atoms with Crippen LogP contribution in [0.5, 0.6) is 5.75 Å². The average Bonchev–Trinajstić information content (AvgIpc) is 2.55. The number of piperidine rings is 1. The molecule has 1 aromatic rings. The monoisotopic (exact) mass is 332 g/mol. The minimum atomic E-state index is 0.00598. The molecule has 1 N–H and O–H groups in total. The molecule has 1 aliphatic rings. The Kier molecular flexibility index (Phi) is 6.64. The van der Waals surface area contributed by atoms with Crippen LogP contribution in [0.1, 0.15) is 38.7 Å². The second-order valence-electron chi connectivity index (χ2n) is 6.81. The van der Waals surface area contributed by atoms with Gasteiger partial charge in [0.15, 0.2) is 0 Å². The first-order valence-electron chi connectivity index (χ1n) is 8.68. The SMILES string of the molecule is COc1ccccc1CC(=O)NC1CCN(C(=O)CC(C)C)CC1. The first-order valence-corrected chi connectivity index (χ1v) is 8.68. The van der Waals surface area contributed by atoms with Crippen molar-refractivity contribution in [1.82, 2.24) is 10.2 Å². The van der Waals surface area contributed by atoms with E-state index in [0.29, 0.717) is 18.8 Å². The maximum atomic E-state index is 12.3. The number of hydrogen-bond donors (Lipinski definition) is 1. The maximum absolute atomic E-state index is 12.3. The van der Waals surface area contributed by atoms with Crippen molar-refractivity contribution in [3.63, 3.8) is 0 Å². The predicted molar refractivity (Wildman–Crippen MR) is 93.9 cm³/mol. The van der Waals surface area contributed by atoms with Crippen molar-refractivity contribution in [3.05, 3.63) is 29.8 Å². The highest BCUT2D eigenvalue weighted by molar-refractivity contribution is 5.80. The topological polar surface area (TPSA) is 58.6 Å². The number of amides is 2. The summed E-state index contributed by atoms with van der Waals surface area (Å²) in [6, 6.07) is 7.72. The average molecular weight is 332 g/mol. The smallest absolute Gasteiger partial charge is 0.224 e. The number of ether oxygens (including phenoxy) is 1. The number of carbonyl (C=O) groups is 2. The molecule has 1 fully saturated rings. The lowest BCUT2D eigenvalue weighted by Crippen LogP contribution is -2.47. The minimum Gasteiger partial charge on any atom is -0.496 e. The van der Waals surface area contributed by atoms with Crippen LogP contribution >= 0.6 is 0 Å². The van der Waals surface area contributed by atoms with Crippen LogP contribution in [0.15, 0.2) is 24.3 Å². The van der Waals surface area contributed by atoms with E-state index in [-0.39, 0.29) is 17.9 Å². The highest BCUT2D eigenvalue weighted by Gasteiger charge is 2.24. The Morgan fingerprint density at radius 2 is 1.92 bits per heavy atom. The van der Waals surface area contributed by atoms with Crippen LogP contribution in [-0.4, -0.2) is 43.0 Å². The summed E-state index contributed by atoms with van der Waals surface area (Å²) in [5.41, 5.74) is 0.891. The second kappa shape index (κ2) is 8.71. The van der Waals surface area contributed by atoms with E-state index in [1.165, 1.54) is 0 Å². The molecule has 5 nitrogen and oxygen atoms in total. The van der Waals surface area contributed by atoms with Crippen LogP contribution in [0.25, 0.3) is 0 Å². The number of carbonyl (C=O) groups excluding carboxylic acids is 2. The molecule has 0 aliphatic carbocycles. The van der Waals surface area contributed by atoms with Gasteiger partial charge in [0.1, 0.15) is 5.75 Å². The molecule has 5 heteroatoms. The quantitative estimate of drug-likeness (QED) is 0.870. The summed E-state index contributed by atoms with van der Waals surface area (Å²) in [4.78, 5) is 26.3. The predicted octanol–water partition coefficient (Wildman–Crippen LogP) is 2.39. The van der Waals surface area contributed by atoms with Crippen LogP contribution in [0.4, 0.5) is 0 Å². The van der Waals surface area contributed by atoms with Crippen molar-refractivity contribution >= 4 is 11.8 Å². The van der Waals surface area contributed by atoms with Crippen molar-refractivity contribution in [2.24, 2.45) is 5.92 Å². The van der Waals surface area contributed by atoms with Gasteiger partial charge in [-0.25, -0.2) is 0 Å². The number of para-hydroxylation sites is 1. The molecule has 0 aromatic heterocycles. The van der Waals surface area contributed by atoms with Gasteiger partial charge in [-0.2, -0.15) is 0 Å². The van der Waals surface area contributed by atoms with Crippen LogP contribution in [0, 0.1) is 5.92 Å². The number of likely N-dealkylation sites (tertiary alicyclic amines) is 1. The highest BCUT2D eigenvalue weighted by atomic mass is 16.5. The molecule has 2 rings (SSSR count). The van der Waals surface area contributed by atoms with Crippen LogP contribution in [-0.2, 0) is 16.0 Å². The van der Waals surface area contributed by atoms with Gasteiger partial charge in [-0.15, -0.1) is 0 Å². The molecule has 0 spiro atoms. The van der Waals surface area contributed by atoms with Gasteiger partial charge in [0, 0.05) is 31.1 Å². The van der Waals surface area contributed by atoms with Gasteiger partial charge in [0.2, 0.25) is 11.8 Å². The van der Waals surface area contributed by atoms with Crippen molar-refractivity contribution in [2.75, 3.05) is 20.2 Å². The fourth-order valence-corrected chi connectivity index (χ4v) is 3.05. The Bertz CT molecular complexity index is 563. The van der Waals surface area contributed by atoms with E-state index >= 15 is 0 Å². The number of rotatable bonds is 6. The summed E-state index contributed by atoms with van der Waals surface area (Å²) < 4.78 is 5.28. The van der Waals surface area contributed by atoms with Gasteiger partial charge in [-0.3, -0.25) is 9.59 Å². The summed E-state index contributed by atoms with van der Waals surface area (Å²) in [5.74, 6) is 1.35. The van der Waals surface area contributed by atoms with Crippen LogP contribution in [0.3, 0.4) is 0 Å². The first-order chi connectivity index (χ1) is 11.5. The van der Waals surface area contributed by atoms with Gasteiger partial charge in [0.05, 0.1) is 13.5 Å². The Morgan fingerprint density at radius 1 is 1.25 bits per heavy atom. The van der Waals surface area contributed by atoms with Crippen molar-refractivity contribution in [1.29, 1.82) is 0 Å². The largest absolute Gasteiger partial charge is 0.496 e. The van der Waals surface area contributed by atoms with E-state index in [9.17, 15) is 9.59 Å². The number of methoxy groups -OCH3 is 1. The maximum Gasteiger partial charge on any atom is 0.224 e. The lowest BCUT2D eigenvalue weighted by atomic mass is 10.0. The molecule has 0 unspecified atom stereocenters. The van der Waals surface area contributed by atoms with Crippen molar-refractivity contribution in [2.45, 2.75) is 45.6 Å². The Morgan fingerprint density at radius 3 is 2.54 bits per heavy atom. The highest BCUT2D eigenvalue weighted by Crippen LogP contribution is 2.18. The Hall–Kier alpha value is -2.04. The molecular weight excluding hydrogens is 304 g/mol. The molecule has 0 bridgehead atoms. The van der Waals surface area contributed by atoms with Gasteiger partial charge in [-0.05, 0) is 24.8 Å². The molecule has 1 aromatic carbocycles. The third kappa shape index (κ3) is 5.25. The van der Waals surface area contributed by atoms with Gasteiger partial charge in [-0.1, -0.05) is 32.0 Å². The van der Waals surface area contributed by atoms with E-state index in [1.54, 1.807) is 7.11 Å². The molecule has 132 valence electrons. The number of nitrogens with zero attached hydrogens (tertiary/aromatic N) is 1. The molecule has 0 saturated carbocycles. The summed E-state index contributed by atoms with van der Waals surface area (Å²) in [7, 11) is 1.61. The molecule has 1 saturated heterocycles. The number of nitrogens with one attached hydrogen (secondary N) is 1. The molecule has 0 radical (unpaired) electrons. The fraction of sp³-hybridized carbons (Fsp3) is 0.579. The van der Waals surface area contributed by atoms with E-state index in [4.69, 9.17) is 4.74 Å². The molecule has 1 heterocycles. The minimum absolute atomic E-state index is 0.00598. The first kappa shape index (κ1) is 18.3. The molecule has 0 atom stereocenters. The lowest BCUT2D eigenvalue weighted by molar-refractivity contribution is -0.133. The van der Waals surface area contributed by atoms with E-state index in [0.717, 1.165) is 37.2 Å². The Balaban J connectivity index is 1.79. The van der Waals surface area contributed by atoms with Crippen molar-refractivity contribution < 1.29 is 14.3 Å². The summed E-state index contributed by atoms with van der Waals surface area (Å²) >= 11 is 0. The zero-order chi connectivity index (χ0) is 17.5. The summed E-state index contributed by atoms with van der Waals surface area (Å²) in [6.45, 7) is 5.57. The normalized spacial score (nSPS) is 15.4. The summed E-state index contributed by atoms with van der Waals surface area (Å²) in [6.07, 6.45) is 2.56. The lowest BCUT2D eigenvalue weighted by Gasteiger charge is -2.33.